The smallest absolute Gasteiger partial charge is 0.160 e. The SMILES string of the molecule is c1ccc(-c2cc(-c3ccc(-c4nc(-c5ccccc5)c(-c5ccccc5)nc4-c4ccccc4)cc3)nc(-c3ccccc3)n2)cc1. The highest BCUT2D eigenvalue weighted by atomic mass is 14.9. The molecule has 48 heavy (non-hydrogen) atoms. The number of hydrogen-bond donors (Lipinski definition) is 0. The van der Waals surface area contributed by atoms with Crippen LogP contribution in [0.15, 0.2) is 182 Å². The van der Waals surface area contributed by atoms with E-state index in [0.717, 1.165) is 73.1 Å². The summed E-state index contributed by atoms with van der Waals surface area (Å²) in [6.45, 7) is 0. The molecule has 0 aliphatic rings. The fourth-order valence-electron chi connectivity index (χ4n) is 5.90. The van der Waals surface area contributed by atoms with Gasteiger partial charge in [0, 0.05) is 38.9 Å². The Balaban J connectivity index is 1.28. The maximum atomic E-state index is 5.39. The van der Waals surface area contributed by atoms with E-state index >= 15 is 0 Å². The molecule has 0 bridgehead atoms. The van der Waals surface area contributed by atoms with E-state index in [9.17, 15) is 0 Å². The van der Waals surface area contributed by atoms with Crippen LogP contribution in [0.25, 0.3) is 78.9 Å². The van der Waals surface area contributed by atoms with Crippen LogP contribution in [0.4, 0.5) is 0 Å². The topological polar surface area (TPSA) is 51.6 Å². The molecule has 0 N–H and O–H groups in total. The summed E-state index contributed by atoms with van der Waals surface area (Å²) in [6.07, 6.45) is 0. The van der Waals surface area contributed by atoms with Gasteiger partial charge in [0.15, 0.2) is 5.82 Å². The van der Waals surface area contributed by atoms with Crippen molar-refractivity contribution in [3.63, 3.8) is 0 Å². The van der Waals surface area contributed by atoms with Crippen molar-refractivity contribution in [3.8, 4) is 78.9 Å². The average Bonchev–Trinajstić information content (AvgIpc) is 3.19. The highest BCUT2D eigenvalue weighted by molar-refractivity contribution is 5.87. The fourth-order valence-corrected chi connectivity index (χ4v) is 5.90. The van der Waals surface area contributed by atoms with Gasteiger partial charge >= 0.3 is 0 Å². The molecule has 8 aromatic rings. The molecule has 4 heteroatoms. The molecule has 2 heterocycles. The molecule has 6 aromatic carbocycles. The van der Waals surface area contributed by atoms with E-state index in [2.05, 4.69) is 78.9 Å². The first-order valence-corrected chi connectivity index (χ1v) is 16.0. The predicted octanol–water partition coefficient (Wildman–Crippen LogP) is 10.9. The van der Waals surface area contributed by atoms with Crippen molar-refractivity contribution in [1.82, 2.24) is 19.9 Å². The normalized spacial score (nSPS) is 10.9. The maximum Gasteiger partial charge on any atom is 0.160 e. The van der Waals surface area contributed by atoms with E-state index in [-0.39, 0.29) is 0 Å². The highest BCUT2D eigenvalue weighted by Gasteiger charge is 2.19. The lowest BCUT2D eigenvalue weighted by atomic mass is 9.98. The first-order valence-electron chi connectivity index (χ1n) is 16.0. The van der Waals surface area contributed by atoms with Crippen molar-refractivity contribution in [1.29, 1.82) is 0 Å². The molecule has 0 saturated carbocycles. The summed E-state index contributed by atoms with van der Waals surface area (Å²) in [5, 5.41) is 0. The third-order valence-corrected chi connectivity index (χ3v) is 8.32. The van der Waals surface area contributed by atoms with Gasteiger partial charge in [-0.3, -0.25) is 0 Å². The Kier molecular flexibility index (Phi) is 7.87. The minimum atomic E-state index is 0.692. The molecular formula is C44H30N4. The van der Waals surface area contributed by atoms with Gasteiger partial charge in [-0.1, -0.05) is 176 Å². The summed E-state index contributed by atoms with van der Waals surface area (Å²) in [5.74, 6) is 0.692. The number of aromatic nitrogens is 4. The van der Waals surface area contributed by atoms with E-state index in [0.29, 0.717) is 5.82 Å². The van der Waals surface area contributed by atoms with Crippen LogP contribution in [0.2, 0.25) is 0 Å². The molecular weight excluding hydrogens is 585 g/mol. The van der Waals surface area contributed by atoms with E-state index in [1.165, 1.54) is 0 Å². The lowest BCUT2D eigenvalue weighted by molar-refractivity contribution is 1.18. The second-order valence-corrected chi connectivity index (χ2v) is 11.5. The lowest BCUT2D eigenvalue weighted by Gasteiger charge is -2.16. The molecule has 0 fully saturated rings. The molecule has 0 radical (unpaired) electrons. The minimum Gasteiger partial charge on any atom is -0.243 e. The van der Waals surface area contributed by atoms with Crippen molar-refractivity contribution in [3.05, 3.63) is 182 Å². The van der Waals surface area contributed by atoms with Crippen LogP contribution in [-0.4, -0.2) is 19.9 Å². The van der Waals surface area contributed by atoms with E-state index in [4.69, 9.17) is 19.9 Å². The van der Waals surface area contributed by atoms with E-state index < -0.39 is 0 Å². The number of hydrogen-bond acceptors (Lipinski definition) is 4. The van der Waals surface area contributed by atoms with Gasteiger partial charge in [0.2, 0.25) is 0 Å². The zero-order valence-electron chi connectivity index (χ0n) is 26.1. The molecule has 226 valence electrons. The van der Waals surface area contributed by atoms with Gasteiger partial charge in [-0.15, -0.1) is 0 Å². The summed E-state index contributed by atoms with van der Waals surface area (Å²) >= 11 is 0. The highest BCUT2D eigenvalue weighted by Crippen LogP contribution is 2.38. The van der Waals surface area contributed by atoms with Crippen LogP contribution < -0.4 is 0 Å². The maximum absolute atomic E-state index is 5.39. The molecule has 0 amide bonds. The molecule has 2 aromatic heterocycles. The average molecular weight is 615 g/mol. The number of nitrogens with zero attached hydrogens (tertiary/aromatic N) is 4. The molecule has 0 aliphatic carbocycles. The van der Waals surface area contributed by atoms with Crippen molar-refractivity contribution >= 4 is 0 Å². The molecule has 0 spiro atoms. The van der Waals surface area contributed by atoms with Crippen LogP contribution in [0.5, 0.6) is 0 Å². The number of benzene rings is 6. The fraction of sp³-hybridized carbons (Fsp3) is 0. The number of rotatable bonds is 7. The van der Waals surface area contributed by atoms with Crippen molar-refractivity contribution in [2.45, 2.75) is 0 Å². The van der Waals surface area contributed by atoms with Crippen LogP contribution in [-0.2, 0) is 0 Å². The van der Waals surface area contributed by atoms with Crippen molar-refractivity contribution < 1.29 is 0 Å². The van der Waals surface area contributed by atoms with Gasteiger partial charge in [0.05, 0.1) is 34.2 Å². The lowest BCUT2D eigenvalue weighted by Crippen LogP contribution is -2.01. The third kappa shape index (κ3) is 5.91. The summed E-state index contributed by atoms with van der Waals surface area (Å²) < 4.78 is 0. The van der Waals surface area contributed by atoms with Crippen LogP contribution >= 0.6 is 0 Å². The van der Waals surface area contributed by atoms with Crippen molar-refractivity contribution in [2.24, 2.45) is 0 Å². The Morgan fingerprint density at radius 3 is 0.875 bits per heavy atom. The molecule has 0 aliphatic heterocycles. The Morgan fingerprint density at radius 1 is 0.229 bits per heavy atom. The second kappa shape index (κ2) is 13.1. The first-order chi connectivity index (χ1) is 23.8. The Labute approximate surface area is 280 Å². The Morgan fingerprint density at radius 2 is 0.500 bits per heavy atom. The standard InChI is InChI=1S/C44H30N4/c1-6-16-31(17-7-1)38-30-39(46-44(45-38)37-24-14-5-15-25-37)32-26-28-36(29-27-32)43-42(35-22-12-4-13-23-35)47-40(33-18-8-2-9-19-33)41(48-43)34-20-10-3-11-21-34/h1-30H. The zero-order chi connectivity index (χ0) is 32.1. The monoisotopic (exact) mass is 614 g/mol. The quantitative estimate of drug-likeness (QED) is 0.179. The van der Waals surface area contributed by atoms with Gasteiger partial charge < -0.3 is 0 Å². The van der Waals surface area contributed by atoms with E-state index in [1.807, 2.05) is 103 Å². The van der Waals surface area contributed by atoms with Gasteiger partial charge in [0.1, 0.15) is 0 Å². The third-order valence-electron chi connectivity index (χ3n) is 8.32. The minimum absolute atomic E-state index is 0.692. The van der Waals surface area contributed by atoms with Crippen LogP contribution in [0, 0.1) is 0 Å². The van der Waals surface area contributed by atoms with Crippen LogP contribution in [0.1, 0.15) is 0 Å². The van der Waals surface area contributed by atoms with Gasteiger partial charge in [-0.25, -0.2) is 19.9 Å². The summed E-state index contributed by atoms with van der Waals surface area (Å²) in [5.41, 5.74) is 12.1. The van der Waals surface area contributed by atoms with Gasteiger partial charge in [-0.2, -0.15) is 0 Å². The Hall–Kier alpha value is -6.52. The molecule has 8 rings (SSSR count). The predicted molar refractivity (Wildman–Crippen MR) is 196 cm³/mol. The Bertz CT molecular complexity index is 2230. The summed E-state index contributed by atoms with van der Waals surface area (Å²) in [6, 6.07) is 61.8. The van der Waals surface area contributed by atoms with Gasteiger partial charge in [0.25, 0.3) is 0 Å². The van der Waals surface area contributed by atoms with Crippen molar-refractivity contribution in [2.75, 3.05) is 0 Å². The van der Waals surface area contributed by atoms with Gasteiger partial charge in [-0.05, 0) is 6.07 Å². The molecule has 0 unspecified atom stereocenters. The van der Waals surface area contributed by atoms with Crippen LogP contribution in [0.3, 0.4) is 0 Å². The molecule has 0 atom stereocenters. The van der Waals surface area contributed by atoms with E-state index in [1.54, 1.807) is 0 Å². The first kappa shape index (κ1) is 28.9. The largest absolute Gasteiger partial charge is 0.243 e. The summed E-state index contributed by atoms with van der Waals surface area (Å²) in [4.78, 5) is 20.7. The zero-order valence-corrected chi connectivity index (χ0v) is 26.1. The second-order valence-electron chi connectivity index (χ2n) is 11.5. The molecule has 0 saturated heterocycles. The molecule has 4 nitrogen and oxygen atoms in total. The summed E-state index contributed by atoms with van der Waals surface area (Å²) in [7, 11) is 0.